The first-order chi connectivity index (χ1) is 16.3. The van der Waals surface area contributed by atoms with E-state index in [-0.39, 0.29) is 30.2 Å². The molecule has 0 saturated heterocycles. The van der Waals surface area contributed by atoms with Crippen LogP contribution in [0.4, 0.5) is 14.9 Å². The molecule has 0 fully saturated rings. The van der Waals surface area contributed by atoms with Crippen LogP contribution < -0.4 is 10.6 Å². The molecular weight excluding hydrogens is 439 g/mol. The van der Waals surface area contributed by atoms with Crippen LogP contribution in [-0.4, -0.2) is 35.7 Å². The molecule has 0 unspecified atom stereocenters. The van der Waals surface area contributed by atoms with E-state index in [0.717, 1.165) is 28.3 Å². The number of alkyl carbamates (subject to hydrolysis) is 1. The van der Waals surface area contributed by atoms with Crippen LogP contribution in [0.1, 0.15) is 40.7 Å². The van der Waals surface area contributed by atoms with Gasteiger partial charge in [0.05, 0.1) is 11.3 Å². The van der Waals surface area contributed by atoms with Crippen LogP contribution in [0, 0.1) is 5.82 Å². The van der Waals surface area contributed by atoms with Crippen molar-refractivity contribution in [3.63, 3.8) is 0 Å². The van der Waals surface area contributed by atoms with Crippen LogP contribution in [0.3, 0.4) is 0 Å². The number of aromatic carboxylic acids is 1. The number of benzene rings is 3. The zero-order chi connectivity index (χ0) is 24.2. The molecule has 0 aliphatic heterocycles. The lowest BCUT2D eigenvalue weighted by Gasteiger charge is -2.17. The molecule has 2 amide bonds. The maximum Gasteiger partial charge on any atom is 0.407 e. The van der Waals surface area contributed by atoms with E-state index < -0.39 is 29.8 Å². The number of carboxylic acids is 1. The second kappa shape index (κ2) is 9.74. The summed E-state index contributed by atoms with van der Waals surface area (Å²) in [5, 5.41) is 13.9. The average molecular weight is 462 g/mol. The van der Waals surface area contributed by atoms with E-state index in [1.54, 1.807) is 6.92 Å². The van der Waals surface area contributed by atoms with Gasteiger partial charge in [-0.05, 0) is 47.4 Å². The Morgan fingerprint density at radius 2 is 1.62 bits per heavy atom. The topological polar surface area (TPSA) is 105 Å². The van der Waals surface area contributed by atoms with E-state index in [0.29, 0.717) is 0 Å². The van der Waals surface area contributed by atoms with Crippen molar-refractivity contribution < 1.29 is 28.6 Å². The van der Waals surface area contributed by atoms with Crippen molar-refractivity contribution in [1.82, 2.24) is 5.32 Å². The summed E-state index contributed by atoms with van der Waals surface area (Å²) >= 11 is 0. The minimum atomic E-state index is -1.27. The summed E-state index contributed by atoms with van der Waals surface area (Å²) in [5.74, 6) is -2.73. The third-order valence-corrected chi connectivity index (χ3v) is 5.69. The minimum Gasteiger partial charge on any atom is -0.478 e. The highest BCUT2D eigenvalue weighted by molar-refractivity contribution is 5.93. The fourth-order valence-electron chi connectivity index (χ4n) is 4.12. The molecule has 0 bridgehead atoms. The third kappa shape index (κ3) is 4.91. The molecule has 0 heterocycles. The molecule has 3 aromatic rings. The molecule has 34 heavy (non-hydrogen) atoms. The van der Waals surface area contributed by atoms with Crippen molar-refractivity contribution in [2.24, 2.45) is 0 Å². The number of hydrogen-bond donors (Lipinski definition) is 3. The van der Waals surface area contributed by atoms with Crippen LogP contribution in [0.25, 0.3) is 11.1 Å². The summed E-state index contributed by atoms with van der Waals surface area (Å²) in [6.45, 7) is 1.78. The van der Waals surface area contributed by atoms with E-state index in [1.165, 1.54) is 12.1 Å². The molecule has 1 atom stereocenters. The van der Waals surface area contributed by atoms with Gasteiger partial charge in [-0.1, -0.05) is 48.5 Å². The van der Waals surface area contributed by atoms with E-state index >= 15 is 0 Å². The van der Waals surface area contributed by atoms with Gasteiger partial charge in [0.1, 0.15) is 12.4 Å². The molecule has 0 spiro atoms. The van der Waals surface area contributed by atoms with Crippen LogP contribution in [0.5, 0.6) is 0 Å². The van der Waals surface area contributed by atoms with Crippen molar-refractivity contribution in [3.05, 3.63) is 89.2 Å². The number of ether oxygens (including phenoxy) is 1. The molecule has 8 heteroatoms. The molecule has 0 aromatic heterocycles. The van der Waals surface area contributed by atoms with Crippen molar-refractivity contribution in [2.45, 2.75) is 25.3 Å². The van der Waals surface area contributed by atoms with Crippen molar-refractivity contribution in [2.75, 3.05) is 11.9 Å². The summed E-state index contributed by atoms with van der Waals surface area (Å²) in [7, 11) is 0. The van der Waals surface area contributed by atoms with Crippen LogP contribution in [0.15, 0.2) is 66.7 Å². The molecule has 0 radical (unpaired) electrons. The number of anilines is 1. The molecule has 1 aliphatic carbocycles. The number of carbonyl (C=O) groups excluding carboxylic acids is 2. The largest absolute Gasteiger partial charge is 0.478 e. The average Bonchev–Trinajstić information content (AvgIpc) is 3.12. The zero-order valence-electron chi connectivity index (χ0n) is 18.4. The Kier molecular flexibility index (Phi) is 6.58. The van der Waals surface area contributed by atoms with E-state index in [2.05, 4.69) is 10.6 Å². The lowest BCUT2D eigenvalue weighted by molar-refractivity contribution is -0.116. The predicted octanol–water partition coefficient (Wildman–Crippen LogP) is 4.78. The Hall–Kier alpha value is -4.20. The standard InChI is InChI=1S/C26H23FN2O5/c1-15(12-24(30)29-23-11-10-16(25(31)32)13-22(23)27)28-26(33)34-14-21-19-8-4-2-6-17(19)18-7-3-5-9-20(18)21/h2-11,13,15,21H,12,14H2,1H3,(H,28,33)(H,29,30)(H,31,32)/t15-/m0/s1. The Balaban J connectivity index is 1.30. The molecule has 4 rings (SSSR count). The number of amides is 2. The lowest BCUT2D eigenvalue weighted by Crippen LogP contribution is -2.36. The number of rotatable bonds is 7. The normalized spacial score (nSPS) is 12.9. The summed E-state index contributed by atoms with van der Waals surface area (Å²) in [4.78, 5) is 35.5. The van der Waals surface area contributed by atoms with Gasteiger partial charge in [0.2, 0.25) is 5.91 Å². The maximum absolute atomic E-state index is 14.0. The third-order valence-electron chi connectivity index (χ3n) is 5.69. The molecule has 174 valence electrons. The molecule has 1 aliphatic rings. The second-order valence-corrected chi connectivity index (χ2v) is 8.12. The lowest BCUT2D eigenvalue weighted by atomic mass is 9.98. The first kappa shape index (κ1) is 23.0. The number of carboxylic acid groups (broad SMARTS) is 1. The number of halogens is 1. The van der Waals surface area contributed by atoms with Gasteiger partial charge in [-0.3, -0.25) is 4.79 Å². The molecular formula is C26H23FN2O5. The van der Waals surface area contributed by atoms with E-state index in [1.807, 2.05) is 48.5 Å². The summed E-state index contributed by atoms with van der Waals surface area (Å²) < 4.78 is 19.5. The highest BCUT2D eigenvalue weighted by atomic mass is 19.1. The van der Waals surface area contributed by atoms with Crippen LogP contribution in [-0.2, 0) is 9.53 Å². The Labute approximate surface area is 195 Å². The van der Waals surface area contributed by atoms with Gasteiger partial charge in [-0.2, -0.15) is 0 Å². The van der Waals surface area contributed by atoms with Gasteiger partial charge < -0.3 is 20.5 Å². The number of carbonyl (C=O) groups is 3. The summed E-state index contributed by atoms with van der Waals surface area (Å²) in [6.07, 6.45) is -0.774. The fourth-order valence-corrected chi connectivity index (χ4v) is 4.12. The first-order valence-electron chi connectivity index (χ1n) is 10.8. The van der Waals surface area contributed by atoms with Gasteiger partial charge >= 0.3 is 12.1 Å². The number of nitrogens with one attached hydrogen (secondary N) is 2. The van der Waals surface area contributed by atoms with E-state index in [9.17, 15) is 18.8 Å². The highest BCUT2D eigenvalue weighted by Gasteiger charge is 2.29. The highest BCUT2D eigenvalue weighted by Crippen LogP contribution is 2.44. The van der Waals surface area contributed by atoms with Crippen molar-refractivity contribution in [1.29, 1.82) is 0 Å². The smallest absolute Gasteiger partial charge is 0.407 e. The van der Waals surface area contributed by atoms with Crippen molar-refractivity contribution in [3.8, 4) is 11.1 Å². The zero-order valence-corrected chi connectivity index (χ0v) is 18.4. The SMILES string of the molecule is C[C@@H](CC(=O)Nc1ccc(C(=O)O)cc1F)NC(=O)OCC1c2ccccc2-c2ccccc21. The second-order valence-electron chi connectivity index (χ2n) is 8.12. The van der Waals surface area contributed by atoms with E-state index in [4.69, 9.17) is 9.84 Å². The maximum atomic E-state index is 14.0. The van der Waals surface area contributed by atoms with Gasteiger partial charge in [-0.25, -0.2) is 14.0 Å². The number of fused-ring (bicyclic) bond motifs is 3. The molecule has 3 aromatic carbocycles. The van der Waals surface area contributed by atoms with Gasteiger partial charge in [0, 0.05) is 18.4 Å². The monoisotopic (exact) mass is 462 g/mol. The number of hydrogen-bond acceptors (Lipinski definition) is 4. The van der Waals surface area contributed by atoms with Gasteiger partial charge in [-0.15, -0.1) is 0 Å². The van der Waals surface area contributed by atoms with Crippen LogP contribution in [0.2, 0.25) is 0 Å². The van der Waals surface area contributed by atoms with Gasteiger partial charge in [0.25, 0.3) is 0 Å². The molecule has 3 N–H and O–H groups in total. The predicted molar refractivity (Wildman–Crippen MR) is 124 cm³/mol. The Morgan fingerprint density at radius 1 is 1.00 bits per heavy atom. The van der Waals surface area contributed by atoms with Crippen molar-refractivity contribution >= 4 is 23.7 Å². The summed E-state index contributed by atoms with van der Waals surface area (Å²) in [5.41, 5.74) is 4.09. The minimum absolute atomic E-state index is 0.0755. The first-order valence-corrected chi connectivity index (χ1v) is 10.8. The fraction of sp³-hybridized carbons (Fsp3) is 0.192. The Bertz CT molecular complexity index is 1210. The Morgan fingerprint density at radius 3 is 2.21 bits per heavy atom. The van der Waals surface area contributed by atoms with Gasteiger partial charge in [0.15, 0.2) is 0 Å². The quantitative estimate of drug-likeness (QED) is 0.469. The summed E-state index contributed by atoms with van der Waals surface area (Å²) in [6, 6.07) is 18.6. The molecule has 7 nitrogen and oxygen atoms in total. The van der Waals surface area contributed by atoms with Crippen LogP contribution >= 0.6 is 0 Å². The molecule has 0 saturated carbocycles.